The van der Waals surface area contributed by atoms with E-state index in [1.54, 1.807) is 9.13 Å². The molecule has 22 N–H and O–H groups in total. The number of carbonyl (C=O) groups is 1. The van der Waals surface area contributed by atoms with E-state index < -0.39 is 127 Å². The molecule has 4 aliphatic heterocycles. The molecule has 492 valence electrons. The lowest BCUT2D eigenvalue weighted by atomic mass is 10.0. The second-order valence-electron chi connectivity index (χ2n) is 20.8. The first kappa shape index (κ1) is 67.3. The van der Waals surface area contributed by atoms with E-state index in [2.05, 4.69) is 70.4 Å². The highest BCUT2D eigenvalue weighted by atomic mass is 19.4. The molecule has 1 unspecified atom stereocenters. The van der Waals surface area contributed by atoms with Crippen molar-refractivity contribution >= 4 is 74.2 Å². The number of aliphatic hydroxyl groups is 4. The Morgan fingerprint density at radius 2 is 0.911 bits per heavy atom. The van der Waals surface area contributed by atoms with Gasteiger partial charge in [-0.15, -0.1) is 0 Å². The van der Waals surface area contributed by atoms with Crippen molar-refractivity contribution in [2.45, 2.75) is 139 Å². The van der Waals surface area contributed by atoms with E-state index in [-0.39, 0.29) is 96.6 Å². The zero-order valence-corrected chi connectivity index (χ0v) is 46.5. The van der Waals surface area contributed by atoms with Crippen molar-refractivity contribution in [3.8, 4) is 0 Å². The van der Waals surface area contributed by atoms with E-state index in [9.17, 15) is 65.6 Å². The summed E-state index contributed by atoms with van der Waals surface area (Å²) in [6.07, 6.45) is -10.8. The van der Waals surface area contributed by atoms with Gasteiger partial charge >= 0.3 is 12.4 Å². The number of Topliss-reactive ketones (excluding diaryl/α,β-unsaturated/α-hetero) is 1. The van der Waals surface area contributed by atoms with E-state index in [0.29, 0.717) is 31.1 Å². The minimum Gasteiger partial charge on any atom is -0.394 e. The van der Waals surface area contributed by atoms with Gasteiger partial charge in [-0.05, 0) is 6.92 Å². The molecule has 13 atom stereocenters. The molecule has 4 fully saturated rings. The maximum Gasteiger partial charge on any atom is 0.449 e. The minimum atomic E-state index is -4.86. The lowest BCUT2D eigenvalue weighted by Crippen LogP contribution is -2.68. The van der Waals surface area contributed by atoms with Gasteiger partial charge in [-0.25, -0.2) is 19.9 Å². The van der Waals surface area contributed by atoms with E-state index in [4.69, 9.17) is 58.5 Å². The Labute approximate surface area is 498 Å². The number of hydrogen-bond acceptors (Lipinski definition) is 29. The van der Waals surface area contributed by atoms with Crippen LogP contribution in [-0.4, -0.2) is 197 Å². The number of fused-ring (bicyclic) bond motifs is 4. The zero-order valence-electron chi connectivity index (χ0n) is 46.5. The first-order valence-electron chi connectivity index (χ1n) is 26.6. The summed E-state index contributed by atoms with van der Waals surface area (Å²) in [5.74, 6) is -2.08. The average Bonchev–Trinajstić information content (AvgIpc) is 1.75. The average molecular weight is 1290 g/mol. The zero-order chi connectivity index (χ0) is 64.8. The summed E-state index contributed by atoms with van der Waals surface area (Å²) >= 11 is 0. The first-order valence-corrected chi connectivity index (χ1v) is 26.6. The number of alkyl halides is 6. The molecular weight excluding hydrogens is 1220 g/mol. The summed E-state index contributed by atoms with van der Waals surface area (Å²) in [5, 5.41) is 44.5. The number of ketones is 1. The smallest absolute Gasteiger partial charge is 0.394 e. The molecule has 8 aromatic rings. The number of imidazole rings is 4. The highest BCUT2D eigenvalue weighted by Gasteiger charge is 2.55. The molecule has 0 saturated carbocycles. The number of anilines is 4. The van der Waals surface area contributed by atoms with Crippen LogP contribution in [0.15, 0.2) is 44.5 Å². The van der Waals surface area contributed by atoms with Crippen LogP contribution in [0.25, 0.3) is 44.7 Å². The van der Waals surface area contributed by atoms with Crippen LogP contribution >= 0.6 is 0 Å². The highest BCUT2D eigenvalue weighted by molar-refractivity contribution is 5.81. The van der Waals surface area contributed by atoms with Crippen LogP contribution in [0, 0.1) is 0 Å². The number of nitrogens with one attached hydrogen (secondary N) is 6. The quantitative estimate of drug-likeness (QED) is 0.0418. The second-order valence-corrected chi connectivity index (χ2v) is 20.8. The molecule has 4 aliphatic rings. The number of nitrogens with zero attached hydrogens (tertiary/aromatic N) is 12. The summed E-state index contributed by atoms with van der Waals surface area (Å²) in [7, 11) is 0. The van der Waals surface area contributed by atoms with Gasteiger partial charge < -0.3 is 73.8 Å². The Morgan fingerprint density at radius 3 is 1.23 bits per heavy atom. The number of aliphatic hydroxyl groups excluding tert-OH is 4. The van der Waals surface area contributed by atoms with Crippen molar-refractivity contribution in [2.75, 3.05) is 49.2 Å². The molecule has 12 rings (SSSR count). The normalized spacial score (nSPS) is 25.8. The second kappa shape index (κ2) is 26.4. The van der Waals surface area contributed by atoms with E-state index in [1.165, 1.54) is 34.4 Å². The van der Waals surface area contributed by atoms with Gasteiger partial charge in [-0.1, -0.05) is 7.43 Å². The van der Waals surface area contributed by atoms with Gasteiger partial charge in [-0.3, -0.25) is 72.8 Å². The van der Waals surface area contributed by atoms with Crippen molar-refractivity contribution in [1.82, 2.24) is 88.7 Å². The van der Waals surface area contributed by atoms with Gasteiger partial charge in [0.25, 0.3) is 22.2 Å². The number of halogens is 6. The third-order valence-corrected chi connectivity index (χ3v) is 14.7. The van der Waals surface area contributed by atoms with Gasteiger partial charge in [0.2, 0.25) is 29.6 Å². The van der Waals surface area contributed by atoms with Crippen LogP contribution < -0.4 is 67.3 Å². The summed E-state index contributed by atoms with van der Waals surface area (Å²) in [6.45, 7) is 0.380. The minimum absolute atomic E-state index is 0. The fourth-order valence-electron chi connectivity index (χ4n) is 10.0. The maximum absolute atomic E-state index is 14.5. The molecule has 0 radical (unpaired) electrons. The van der Waals surface area contributed by atoms with Gasteiger partial charge in [-0.2, -0.15) is 46.3 Å². The van der Waals surface area contributed by atoms with Crippen LogP contribution in [0.2, 0.25) is 0 Å². The number of nitrogens with two attached hydrogens (primary N) is 6. The molecule has 0 aliphatic carbocycles. The molecular formula is C47H64F6N24O13. The summed E-state index contributed by atoms with van der Waals surface area (Å²) in [5.41, 5.74) is 30.1. The Balaban J connectivity index is 0.000000186. The Kier molecular flexibility index (Phi) is 19.8. The predicted octanol–water partition coefficient (Wildman–Crippen LogP) is -3.44. The number of nitrogen functional groups attached to an aromatic ring is 4. The largest absolute Gasteiger partial charge is 0.449 e. The van der Waals surface area contributed by atoms with Gasteiger partial charge in [0, 0.05) is 57.8 Å². The molecule has 0 aromatic carbocycles. The molecule has 37 nitrogen and oxygen atoms in total. The Morgan fingerprint density at radius 1 is 0.589 bits per heavy atom. The van der Waals surface area contributed by atoms with E-state index >= 15 is 0 Å². The Hall–Kier alpha value is -8.63. The van der Waals surface area contributed by atoms with Crippen LogP contribution in [0.3, 0.4) is 0 Å². The SMILES string of the molecule is C.CC(=O)C(F)(F)F.CC(NC[C@H]1O[C@@H](n2cnc3c(=O)[nH]c(N)nc32)C[C@@H]1O)(N[C@H]1C[C@H](n2cnc3c(=O)[nH]c(N)nc32)O[C@@H]1CO)C(F)(F)F.NC[C@H]1O[C@@H](n2cnc3c(=O)[nH]c(N)nc32)C[C@@H]1O.Nc1nc2c(ncn2[C@H]2C[C@H](N)[C@@H](CO)O2)c(=O)[nH]1. The maximum atomic E-state index is 14.5. The number of H-pyrrole nitrogens is 4. The number of ether oxygens (including phenoxy) is 4. The lowest BCUT2D eigenvalue weighted by molar-refractivity contribution is -0.207. The molecule has 0 amide bonds. The molecule has 90 heavy (non-hydrogen) atoms. The van der Waals surface area contributed by atoms with E-state index in [0.717, 1.165) is 6.92 Å². The molecule has 12 heterocycles. The number of aromatic amines is 4. The van der Waals surface area contributed by atoms with Crippen molar-refractivity contribution in [3.05, 3.63) is 66.7 Å². The van der Waals surface area contributed by atoms with Crippen molar-refractivity contribution in [1.29, 1.82) is 0 Å². The van der Waals surface area contributed by atoms with E-state index in [1.807, 2.05) is 0 Å². The molecule has 0 bridgehead atoms. The fourth-order valence-corrected chi connectivity index (χ4v) is 10.0. The first-order chi connectivity index (χ1) is 41.9. The summed E-state index contributed by atoms with van der Waals surface area (Å²) < 4.78 is 105. The van der Waals surface area contributed by atoms with Gasteiger partial charge in [0.15, 0.2) is 50.3 Å². The Bertz CT molecular complexity index is 3980. The monoisotopic (exact) mass is 1290 g/mol. The van der Waals surface area contributed by atoms with Crippen LogP contribution in [-0.2, 0) is 23.7 Å². The standard InChI is InChI=1S/C23H29F3N12O6.2C10H14N6O3.C3H3F3O.CH4/c1-22(23(24,25)26,31-4-10-9(40)3-13(43-10)38-7-30-15-17(38)33-21(28)35-19(15)42)36-8-2-12(44-11(8)5-39)37-6-29-14-16(37)32-20(27)34-18(14)41;11-4-1-6(19-5(4)2-17)16-3-13-7-8(16)14-10(12)15-9(7)18;11-2-5-4(17)1-6(19-5)16-3-13-7-8(16)14-10(12)15-9(7)18;1-2(7)3(4,5)6;/h6-13,31,36,39-40H,2-5H2,1H3,(H3,27,32,34,41)(H3,28,33,35,42);2*3-6,17H,1-2,11H2,(H3,12,14,15,18);1H3;1H4/t8-,9-,10+,11+,12+,13+,22?;2*4-,5+,6+;;/m000../s1. The predicted molar refractivity (Wildman–Crippen MR) is 300 cm³/mol. The number of hydrogen-bond donors (Lipinski definition) is 16. The third-order valence-electron chi connectivity index (χ3n) is 14.7. The van der Waals surface area contributed by atoms with Gasteiger partial charge in [0.05, 0.1) is 75.1 Å². The lowest BCUT2D eigenvalue weighted by Gasteiger charge is -2.38. The molecule has 4 saturated heterocycles. The van der Waals surface area contributed by atoms with Crippen LogP contribution in [0.4, 0.5) is 50.1 Å². The van der Waals surface area contributed by atoms with Crippen LogP contribution in [0.1, 0.15) is 71.9 Å². The van der Waals surface area contributed by atoms with Crippen molar-refractivity contribution in [3.63, 3.8) is 0 Å². The molecule has 8 aromatic heterocycles. The number of carbonyl (C=O) groups excluding carboxylic acids is 1. The summed E-state index contributed by atoms with van der Waals surface area (Å²) in [6, 6.07) is -1.30. The number of aromatic nitrogens is 16. The summed E-state index contributed by atoms with van der Waals surface area (Å²) in [4.78, 5) is 98.5. The molecule has 43 heteroatoms. The number of rotatable bonds is 12. The van der Waals surface area contributed by atoms with Crippen molar-refractivity contribution < 1.29 is 70.5 Å². The van der Waals surface area contributed by atoms with Crippen molar-refractivity contribution in [2.24, 2.45) is 11.5 Å². The highest BCUT2D eigenvalue weighted by Crippen LogP contribution is 2.37. The molecule has 0 spiro atoms. The van der Waals surface area contributed by atoms with Gasteiger partial charge in [0.1, 0.15) is 24.9 Å². The van der Waals surface area contributed by atoms with Crippen LogP contribution in [0.5, 0.6) is 0 Å². The fraction of sp³-hybridized carbons (Fsp3) is 0.553. The third kappa shape index (κ3) is 13.9. The topological polar surface area (TPSA) is 569 Å².